The lowest BCUT2D eigenvalue weighted by Gasteiger charge is -2.15. The number of rotatable bonds is 5. The SMILES string of the molecule is CCOC(=O)[C@@H](Sc1nc(C)cc(C)n1)c1ccccc1. The van der Waals surface area contributed by atoms with Crippen molar-refractivity contribution in [3.8, 4) is 0 Å². The maximum Gasteiger partial charge on any atom is 0.324 e. The fraction of sp³-hybridized carbons (Fsp3) is 0.312. The van der Waals surface area contributed by atoms with Crippen LogP contribution in [0.2, 0.25) is 0 Å². The molecule has 0 spiro atoms. The molecule has 1 atom stereocenters. The Morgan fingerprint density at radius 1 is 1.19 bits per heavy atom. The van der Waals surface area contributed by atoms with E-state index in [2.05, 4.69) is 9.97 Å². The molecule has 1 aromatic carbocycles. The molecule has 0 unspecified atom stereocenters. The van der Waals surface area contributed by atoms with Crippen molar-refractivity contribution < 1.29 is 9.53 Å². The molecule has 0 aliphatic carbocycles. The zero-order chi connectivity index (χ0) is 15.2. The van der Waals surface area contributed by atoms with Crippen LogP contribution in [0.25, 0.3) is 0 Å². The van der Waals surface area contributed by atoms with Crippen LogP contribution >= 0.6 is 11.8 Å². The van der Waals surface area contributed by atoms with Gasteiger partial charge in [0.15, 0.2) is 5.16 Å². The smallest absolute Gasteiger partial charge is 0.324 e. The Hall–Kier alpha value is -1.88. The Morgan fingerprint density at radius 3 is 2.38 bits per heavy atom. The molecule has 1 heterocycles. The van der Waals surface area contributed by atoms with Gasteiger partial charge in [0.1, 0.15) is 5.25 Å². The first kappa shape index (κ1) is 15.5. The quantitative estimate of drug-likeness (QED) is 0.481. The van der Waals surface area contributed by atoms with Crippen LogP contribution in [-0.4, -0.2) is 22.5 Å². The summed E-state index contributed by atoms with van der Waals surface area (Å²) in [6.45, 7) is 6.00. The molecule has 1 aromatic heterocycles. The summed E-state index contributed by atoms with van der Waals surface area (Å²) in [6, 6.07) is 11.5. The predicted molar refractivity (Wildman–Crippen MR) is 83.2 cm³/mol. The third kappa shape index (κ3) is 4.29. The number of carbonyl (C=O) groups is 1. The highest BCUT2D eigenvalue weighted by molar-refractivity contribution is 8.00. The van der Waals surface area contributed by atoms with E-state index >= 15 is 0 Å². The predicted octanol–water partition coefficient (Wildman–Crippen LogP) is 3.49. The third-order valence-corrected chi connectivity index (χ3v) is 3.88. The molecule has 0 fully saturated rings. The van der Waals surface area contributed by atoms with Gasteiger partial charge >= 0.3 is 5.97 Å². The minimum atomic E-state index is -0.452. The lowest BCUT2D eigenvalue weighted by atomic mass is 10.1. The van der Waals surface area contributed by atoms with Gasteiger partial charge in [-0.1, -0.05) is 42.1 Å². The summed E-state index contributed by atoms with van der Waals surface area (Å²) in [5, 5.41) is 0.141. The van der Waals surface area contributed by atoms with Crippen molar-refractivity contribution >= 4 is 17.7 Å². The van der Waals surface area contributed by atoms with Crippen LogP contribution < -0.4 is 0 Å². The second-order valence-electron chi connectivity index (χ2n) is 4.59. The molecule has 0 saturated heterocycles. The van der Waals surface area contributed by atoms with E-state index in [-0.39, 0.29) is 5.97 Å². The number of hydrogen-bond donors (Lipinski definition) is 0. The third-order valence-electron chi connectivity index (χ3n) is 2.79. The maximum atomic E-state index is 12.2. The van der Waals surface area contributed by atoms with Crippen LogP contribution in [0, 0.1) is 13.8 Å². The van der Waals surface area contributed by atoms with Gasteiger partial charge in [-0.25, -0.2) is 9.97 Å². The lowest BCUT2D eigenvalue weighted by molar-refractivity contribution is -0.142. The van der Waals surface area contributed by atoms with Crippen molar-refractivity contribution in [3.05, 3.63) is 53.3 Å². The highest BCUT2D eigenvalue weighted by Gasteiger charge is 2.24. The minimum Gasteiger partial charge on any atom is -0.465 e. The van der Waals surface area contributed by atoms with Crippen LogP contribution in [0.4, 0.5) is 0 Å². The standard InChI is InChI=1S/C16H18N2O2S/c1-4-20-15(19)14(13-8-6-5-7-9-13)21-16-17-11(2)10-12(3)18-16/h5-10,14H,4H2,1-3H3/t14-/m0/s1. The van der Waals surface area contributed by atoms with Gasteiger partial charge in [0, 0.05) is 11.4 Å². The Morgan fingerprint density at radius 2 is 1.81 bits per heavy atom. The molecule has 2 rings (SSSR count). The van der Waals surface area contributed by atoms with Crippen LogP contribution in [0.5, 0.6) is 0 Å². The number of carbonyl (C=O) groups excluding carboxylic acids is 1. The van der Waals surface area contributed by atoms with Crippen molar-refractivity contribution in [3.63, 3.8) is 0 Å². The summed E-state index contributed by atoms with van der Waals surface area (Å²) in [5.41, 5.74) is 2.67. The monoisotopic (exact) mass is 302 g/mol. The fourth-order valence-corrected chi connectivity index (χ4v) is 3.01. The summed E-state index contributed by atoms with van der Waals surface area (Å²) in [5.74, 6) is -0.267. The second-order valence-corrected chi connectivity index (χ2v) is 5.67. The first-order chi connectivity index (χ1) is 10.1. The number of hydrogen-bond acceptors (Lipinski definition) is 5. The van der Waals surface area contributed by atoms with Gasteiger partial charge in [-0.15, -0.1) is 0 Å². The molecule has 0 saturated carbocycles. The van der Waals surface area contributed by atoms with Gasteiger partial charge < -0.3 is 4.74 Å². The summed E-state index contributed by atoms with van der Waals surface area (Å²) >= 11 is 1.32. The van der Waals surface area contributed by atoms with Crippen molar-refractivity contribution in [2.75, 3.05) is 6.61 Å². The van der Waals surface area contributed by atoms with E-state index in [1.54, 1.807) is 6.92 Å². The van der Waals surface area contributed by atoms with E-state index in [0.717, 1.165) is 17.0 Å². The zero-order valence-electron chi connectivity index (χ0n) is 12.4. The molecule has 0 radical (unpaired) electrons. The highest BCUT2D eigenvalue weighted by atomic mass is 32.2. The van der Waals surface area contributed by atoms with Gasteiger partial charge in [0.25, 0.3) is 0 Å². The molecule has 5 heteroatoms. The van der Waals surface area contributed by atoms with Gasteiger partial charge in [-0.3, -0.25) is 4.79 Å². The summed E-state index contributed by atoms with van der Waals surface area (Å²) < 4.78 is 5.18. The average molecular weight is 302 g/mol. The number of ether oxygens (including phenoxy) is 1. The first-order valence-electron chi connectivity index (χ1n) is 6.80. The normalized spacial score (nSPS) is 12.0. The molecule has 0 aliphatic heterocycles. The lowest BCUT2D eigenvalue weighted by Crippen LogP contribution is -2.14. The Bertz CT molecular complexity index is 597. The topological polar surface area (TPSA) is 52.1 Å². The van der Waals surface area contributed by atoms with Gasteiger partial charge in [-0.2, -0.15) is 0 Å². The van der Waals surface area contributed by atoms with Crippen LogP contribution in [-0.2, 0) is 9.53 Å². The van der Waals surface area contributed by atoms with E-state index in [9.17, 15) is 4.79 Å². The van der Waals surface area contributed by atoms with E-state index < -0.39 is 5.25 Å². The Labute approximate surface area is 129 Å². The number of aromatic nitrogens is 2. The molecular weight excluding hydrogens is 284 g/mol. The average Bonchev–Trinajstić information content (AvgIpc) is 2.45. The summed E-state index contributed by atoms with van der Waals surface area (Å²) in [6.07, 6.45) is 0. The summed E-state index contributed by atoms with van der Waals surface area (Å²) in [7, 11) is 0. The fourth-order valence-electron chi connectivity index (χ4n) is 1.95. The van der Waals surface area contributed by atoms with Crippen LogP contribution in [0.1, 0.15) is 29.1 Å². The van der Waals surface area contributed by atoms with Crippen molar-refractivity contribution in [1.29, 1.82) is 0 Å². The molecular formula is C16H18N2O2S. The minimum absolute atomic E-state index is 0.267. The number of benzene rings is 1. The molecule has 0 N–H and O–H groups in total. The largest absolute Gasteiger partial charge is 0.465 e. The highest BCUT2D eigenvalue weighted by Crippen LogP contribution is 2.34. The molecule has 4 nitrogen and oxygen atoms in total. The molecule has 110 valence electrons. The van der Waals surface area contributed by atoms with E-state index in [1.165, 1.54) is 11.8 Å². The van der Waals surface area contributed by atoms with Crippen LogP contribution in [0.3, 0.4) is 0 Å². The molecule has 21 heavy (non-hydrogen) atoms. The van der Waals surface area contributed by atoms with Crippen LogP contribution in [0.15, 0.2) is 41.6 Å². The van der Waals surface area contributed by atoms with Gasteiger partial charge in [-0.05, 0) is 32.4 Å². The Balaban J connectivity index is 2.29. The molecule has 0 bridgehead atoms. The zero-order valence-corrected chi connectivity index (χ0v) is 13.2. The van der Waals surface area contributed by atoms with Crippen molar-refractivity contribution in [2.24, 2.45) is 0 Å². The van der Waals surface area contributed by atoms with E-state index in [1.807, 2.05) is 50.2 Å². The number of aryl methyl sites for hydroxylation is 2. The van der Waals surface area contributed by atoms with E-state index in [0.29, 0.717) is 11.8 Å². The van der Waals surface area contributed by atoms with E-state index in [4.69, 9.17) is 4.74 Å². The summed E-state index contributed by atoms with van der Waals surface area (Å²) in [4.78, 5) is 21.0. The van der Waals surface area contributed by atoms with Crippen molar-refractivity contribution in [1.82, 2.24) is 9.97 Å². The molecule has 0 aliphatic rings. The molecule has 0 amide bonds. The van der Waals surface area contributed by atoms with Crippen molar-refractivity contribution in [2.45, 2.75) is 31.2 Å². The first-order valence-corrected chi connectivity index (χ1v) is 7.68. The second kappa shape index (κ2) is 7.22. The molecule has 2 aromatic rings. The number of nitrogens with zero attached hydrogens (tertiary/aromatic N) is 2. The van der Waals surface area contributed by atoms with Gasteiger partial charge in [0.2, 0.25) is 0 Å². The van der Waals surface area contributed by atoms with Gasteiger partial charge in [0.05, 0.1) is 6.61 Å². The maximum absolute atomic E-state index is 12.2. The number of thioether (sulfide) groups is 1. The Kier molecular flexibility index (Phi) is 5.33. The number of esters is 1.